The van der Waals surface area contributed by atoms with Gasteiger partial charge in [-0.05, 0) is 0 Å². The first-order valence-corrected chi connectivity index (χ1v) is 11.5. The number of aromatic nitrogens is 1. The summed E-state index contributed by atoms with van der Waals surface area (Å²) in [6.45, 7) is 2.05. The topological polar surface area (TPSA) is 55.2 Å². The molecule has 0 fully saturated rings. The van der Waals surface area contributed by atoms with E-state index in [0.29, 0.717) is 16.0 Å². The second-order valence-corrected chi connectivity index (χ2v) is 10.3. The predicted octanol–water partition coefficient (Wildman–Crippen LogP) is 3.08. The van der Waals surface area contributed by atoms with Crippen LogP contribution < -0.4 is 0 Å². The third-order valence-electron chi connectivity index (χ3n) is 2.09. The van der Waals surface area contributed by atoms with E-state index in [9.17, 15) is 4.79 Å². The molecule has 4 nitrogen and oxygen atoms in total. The number of oxazole rings is 1. The van der Waals surface area contributed by atoms with Crippen molar-refractivity contribution >= 4 is 29.3 Å². The summed E-state index contributed by atoms with van der Waals surface area (Å²) in [7, 11) is 0. The van der Waals surface area contributed by atoms with Gasteiger partial charge >= 0.3 is 111 Å². The van der Waals surface area contributed by atoms with Crippen molar-refractivity contribution in [1.29, 1.82) is 0 Å². The molecule has 16 heavy (non-hydrogen) atoms. The maximum atomic E-state index is 11.6. The Labute approximate surface area is 110 Å². The summed E-state index contributed by atoms with van der Waals surface area (Å²) >= 11 is 3.46. The van der Waals surface area contributed by atoms with Crippen LogP contribution in [0.1, 0.15) is 17.3 Å². The first-order chi connectivity index (χ1) is 7.70. The summed E-state index contributed by atoms with van der Waals surface area (Å²) in [6.07, 6.45) is 0. The van der Waals surface area contributed by atoms with Gasteiger partial charge < -0.3 is 0 Å². The Balaban J connectivity index is 2.31. The molecular formula is C10H9HgNO3S. The van der Waals surface area contributed by atoms with Gasteiger partial charge in [0.15, 0.2) is 0 Å². The monoisotopic (exact) mass is 425 g/mol. The molecule has 2 aromatic rings. The van der Waals surface area contributed by atoms with E-state index in [4.69, 9.17) is 19.3 Å². The van der Waals surface area contributed by atoms with Gasteiger partial charge in [-0.1, -0.05) is 0 Å². The zero-order valence-corrected chi connectivity index (χ0v) is 15.1. The zero-order valence-electron chi connectivity index (χ0n) is 8.78. The van der Waals surface area contributed by atoms with Gasteiger partial charge in [-0.25, -0.2) is 0 Å². The fourth-order valence-corrected chi connectivity index (χ4v) is 3.72. The number of aromatic amines is 1. The number of hydrogen-bond donors (Lipinski definition) is 1. The van der Waals surface area contributed by atoms with Crippen LogP contribution in [0.4, 0.5) is 0 Å². The summed E-state index contributed by atoms with van der Waals surface area (Å²) in [5.74, 6) is -0.231. The van der Waals surface area contributed by atoms with E-state index in [1.807, 2.05) is 6.92 Å². The summed E-state index contributed by atoms with van der Waals surface area (Å²) in [6, 6.07) is 5.13. The number of carbonyl (C=O) groups is 1. The van der Waals surface area contributed by atoms with Crippen molar-refractivity contribution in [2.45, 2.75) is 10.9 Å². The van der Waals surface area contributed by atoms with Crippen molar-refractivity contribution in [2.75, 3.05) is 0 Å². The van der Waals surface area contributed by atoms with Crippen LogP contribution in [0.2, 0.25) is 3.93 Å². The minimum atomic E-state index is -1.41. The van der Waals surface area contributed by atoms with Crippen LogP contribution in [-0.4, -0.2) is 11.0 Å². The Bertz CT molecular complexity index is 575. The summed E-state index contributed by atoms with van der Waals surface area (Å²) in [4.78, 5) is 14.8. The van der Waals surface area contributed by atoms with Crippen LogP contribution in [-0.2, 0) is 27.7 Å². The van der Waals surface area contributed by atoms with Gasteiger partial charge in [0.2, 0.25) is 0 Å². The number of H-pyrrole nitrogens is 1. The molecule has 0 atom stereocenters. The Kier molecular flexibility index (Phi) is 3.76. The Morgan fingerprint density at radius 2 is 2.44 bits per heavy atom. The van der Waals surface area contributed by atoms with E-state index < -0.39 is 25.0 Å². The van der Waals surface area contributed by atoms with Crippen molar-refractivity contribution in [3.8, 4) is 0 Å². The molecule has 0 aliphatic carbocycles. The van der Waals surface area contributed by atoms with Gasteiger partial charge in [0.25, 0.3) is 0 Å². The van der Waals surface area contributed by atoms with Gasteiger partial charge in [-0.2, -0.15) is 0 Å². The van der Waals surface area contributed by atoms with E-state index in [-0.39, 0.29) is 5.97 Å². The van der Waals surface area contributed by atoms with Crippen molar-refractivity contribution in [3.63, 3.8) is 0 Å². The number of benzene rings is 1. The molecule has 0 radical (unpaired) electrons. The molecular weight excluding hydrogens is 415 g/mol. The number of rotatable bonds is 3. The predicted molar refractivity (Wildman–Crippen MR) is 57.3 cm³/mol. The standard InChI is InChI=1S/C8H5NO3S.C2H5.Hg/c10-7(11)4-1-2-6-5(3-4)9-8(13)12-6;1-2;/h1-3H,(H,9,13)(H,10,11);1H2,2H3;/q;;+1/p-1. The molecule has 80 valence electrons. The molecule has 1 N–H and O–H groups in total. The van der Waals surface area contributed by atoms with E-state index >= 15 is 0 Å². The molecule has 1 aromatic heterocycles. The normalized spacial score (nSPS) is 10.1. The van der Waals surface area contributed by atoms with Gasteiger partial charge in [-0.15, -0.1) is 0 Å². The molecule has 1 aromatic carbocycles. The molecule has 0 amide bonds. The fraction of sp³-hybridized carbons (Fsp3) is 0.200. The molecule has 0 aliphatic rings. The van der Waals surface area contributed by atoms with Crippen molar-refractivity contribution in [1.82, 2.24) is 4.98 Å². The molecule has 0 spiro atoms. The van der Waals surface area contributed by atoms with Crippen molar-refractivity contribution in [2.24, 2.45) is 0 Å². The van der Waals surface area contributed by atoms with Crippen LogP contribution in [0.15, 0.2) is 22.6 Å². The summed E-state index contributed by atoms with van der Waals surface area (Å²) in [5.41, 5.74) is 1.93. The number of carbonyl (C=O) groups excluding carboxylic acids is 1. The average molecular weight is 424 g/mol. The Hall–Kier alpha value is -0.685. The van der Waals surface area contributed by atoms with Crippen LogP contribution in [0.5, 0.6) is 0 Å². The van der Waals surface area contributed by atoms with E-state index in [1.54, 1.807) is 18.2 Å². The first-order valence-electron chi connectivity index (χ1n) is 5.00. The maximum absolute atomic E-state index is 11.6. The summed E-state index contributed by atoms with van der Waals surface area (Å²) in [5, 5.41) is 0. The number of hydrogen-bond acceptors (Lipinski definition) is 4. The molecule has 2 rings (SSSR count). The molecule has 0 saturated heterocycles. The van der Waals surface area contributed by atoms with Gasteiger partial charge in [0.05, 0.1) is 0 Å². The number of fused-ring (bicyclic) bond motifs is 1. The van der Waals surface area contributed by atoms with Gasteiger partial charge in [-0.3, -0.25) is 0 Å². The second kappa shape index (κ2) is 5.10. The first kappa shape index (κ1) is 11.8. The quantitative estimate of drug-likeness (QED) is 0.609. The molecule has 0 bridgehead atoms. The number of nitrogens with one attached hydrogen (secondary N) is 1. The van der Waals surface area contributed by atoms with E-state index in [0.717, 1.165) is 9.45 Å². The van der Waals surface area contributed by atoms with Crippen LogP contribution in [0.25, 0.3) is 11.1 Å². The third-order valence-corrected chi connectivity index (χ3v) is 5.68. The van der Waals surface area contributed by atoms with Crippen LogP contribution >= 0.6 is 12.2 Å². The van der Waals surface area contributed by atoms with Crippen LogP contribution in [0, 0.1) is 4.84 Å². The Morgan fingerprint density at radius 1 is 1.62 bits per heavy atom. The minimum absolute atomic E-state index is 0.231. The molecule has 0 unspecified atom stereocenters. The molecule has 6 heteroatoms. The van der Waals surface area contributed by atoms with Crippen LogP contribution in [0.3, 0.4) is 0 Å². The zero-order chi connectivity index (χ0) is 11.5. The van der Waals surface area contributed by atoms with Gasteiger partial charge in [0, 0.05) is 0 Å². The molecule has 0 saturated carbocycles. The SMILES string of the molecule is C[CH2][Hg][O]C(=O)c1ccc2oc(=S)[nH]c2c1. The average Bonchev–Trinajstić information content (AvgIpc) is 2.64. The van der Waals surface area contributed by atoms with Crippen molar-refractivity contribution < 1.29 is 36.9 Å². The second-order valence-electron chi connectivity index (χ2n) is 3.36. The molecule has 0 aliphatic heterocycles. The molecule has 1 heterocycles. The fourth-order valence-electron chi connectivity index (χ4n) is 1.36. The van der Waals surface area contributed by atoms with Gasteiger partial charge in [0.1, 0.15) is 0 Å². The Morgan fingerprint density at radius 3 is 3.19 bits per heavy atom. The third kappa shape index (κ3) is 2.52. The van der Waals surface area contributed by atoms with E-state index in [2.05, 4.69) is 4.98 Å². The summed E-state index contributed by atoms with van der Waals surface area (Å²) < 4.78 is 11.5. The van der Waals surface area contributed by atoms with E-state index in [1.165, 1.54) is 0 Å². The van der Waals surface area contributed by atoms with Crippen molar-refractivity contribution in [3.05, 3.63) is 28.6 Å².